The highest BCUT2D eigenvalue weighted by Gasteiger charge is 2.26. The number of methoxy groups -OCH3 is 1. The van der Waals surface area contributed by atoms with Gasteiger partial charge < -0.3 is 9.47 Å². The summed E-state index contributed by atoms with van der Waals surface area (Å²) in [6.45, 7) is -0.466. The van der Waals surface area contributed by atoms with Crippen LogP contribution in [0.1, 0.15) is 40.0 Å². The number of ether oxygens (including phenoxy) is 2. The molecule has 0 saturated carbocycles. The van der Waals surface area contributed by atoms with Crippen molar-refractivity contribution in [1.29, 1.82) is 0 Å². The topological polar surface area (TPSA) is 109 Å². The lowest BCUT2D eigenvalue weighted by atomic mass is 9.86. The highest BCUT2D eigenvalue weighted by molar-refractivity contribution is 6.07. The molecule has 8 nitrogen and oxygen atoms in total. The Morgan fingerprint density at radius 2 is 1.88 bits per heavy atom. The van der Waals surface area contributed by atoms with Crippen molar-refractivity contribution in [2.45, 2.75) is 19.3 Å². The quantitative estimate of drug-likeness (QED) is 0.335. The molecule has 32 heavy (non-hydrogen) atoms. The van der Waals surface area contributed by atoms with Crippen LogP contribution < -0.4 is 0 Å². The Hall–Kier alpha value is -4.07. The van der Waals surface area contributed by atoms with E-state index in [1.54, 1.807) is 12.1 Å². The molecule has 0 saturated heterocycles. The van der Waals surface area contributed by atoms with E-state index >= 15 is 0 Å². The molecule has 0 aliphatic heterocycles. The lowest BCUT2D eigenvalue weighted by molar-refractivity contribution is -0.384. The van der Waals surface area contributed by atoms with E-state index in [4.69, 9.17) is 9.72 Å². The predicted molar refractivity (Wildman–Crippen MR) is 118 cm³/mol. The number of nitrogens with zero attached hydrogens (tertiary/aromatic N) is 2. The number of pyridine rings is 1. The number of carbonyl (C=O) groups is 2. The SMILES string of the molecule is COC(=O)COC(=O)c1c2c(nc3ccccc13)/C(=C\c1ccc([N+](=O)[O-])cc1)CCC2. The number of nitro benzene ring substituents is 1. The summed E-state index contributed by atoms with van der Waals surface area (Å²) in [5.41, 5.74) is 4.31. The molecule has 0 atom stereocenters. The van der Waals surface area contributed by atoms with Gasteiger partial charge in [0.25, 0.3) is 5.69 Å². The van der Waals surface area contributed by atoms with Crippen LogP contribution in [0.25, 0.3) is 22.6 Å². The molecule has 0 amide bonds. The van der Waals surface area contributed by atoms with Gasteiger partial charge >= 0.3 is 11.9 Å². The van der Waals surface area contributed by atoms with Gasteiger partial charge in [-0.1, -0.05) is 18.2 Å². The molecule has 162 valence electrons. The fourth-order valence-corrected chi connectivity index (χ4v) is 3.86. The summed E-state index contributed by atoms with van der Waals surface area (Å²) >= 11 is 0. The second-order valence-electron chi connectivity index (χ2n) is 7.36. The van der Waals surface area contributed by atoms with Gasteiger partial charge in [0.05, 0.1) is 28.8 Å². The summed E-state index contributed by atoms with van der Waals surface area (Å²) in [6.07, 6.45) is 4.15. The molecular formula is C24H20N2O6. The van der Waals surface area contributed by atoms with Crippen LogP contribution in [0.4, 0.5) is 5.69 Å². The van der Waals surface area contributed by atoms with Crippen LogP contribution in [0, 0.1) is 10.1 Å². The Balaban J connectivity index is 1.80. The van der Waals surface area contributed by atoms with Crippen LogP contribution in [-0.4, -0.2) is 35.6 Å². The first-order valence-electron chi connectivity index (χ1n) is 10.1. The fraction of sp³-hybridized carbons (Fsp3) is 0.208. The first-order valence-corrected chi connectivity index (χ1v) is 10.1. The van der Waals surface area contributed by atoms with Crippen molar-refractivity contribution in [3.63, 3.8) is 0 Å². The van der Waals surface area contributed by atoms with Crippen LogP contribution in [0.15, 0.2) is 48.5 Å². The number of hydrogen-bond acceptors (Lipinski definition) is 7. The largest absolute Gasteiger partial charge is 0.466 e. The smallest absolute Gasteiger partial charge is 0.344 e. The van der Waals surface area contributed by atoms with E-state index in [2.05, 4.69) is 4.74 Å². The number of para-hydroxylation sites is 1. The number of hydrogen-bond donors (Lipinski definition) is 0. The molecule has 0 N–H and O–H groups in total. The second-order valence-corrected chi connectivity index (χ2v) is 7.36. The Morgan fingerprint density at radius 1 is 1.12 bits per heavy atom. The van der Waals surface area contributed by atoms with Crippen molar-refractivity contribution >= 4 is 40.2 Å². The van der Waals surface area contributed by atoms with Gasteiger partial charge in [-0.05, 0) is 60.2 Å². The van der Waals surface area contributed by atoms with E-state index in [9.17, 15) is 19.7 Å². The molecule has 8 heteroatoms. The molecule has 2 aromatic carbocycles. The molecule has 1 aliphatic carbocycles. The van der Waals surface area contributed by atoms with Gasteiger partial charge in [-0.15, -0.1) is 0 Å². The highest BCUT2D eigenvalue weighted by Crippen LogP contribution is 2.36. The van der Waals surface area contributed by atoms with Gasteiger partial charge in [0.1, 0.15) is 0 Å². The summed E-state index contributed by atoms with van der Waals surface area (Å²) in [7, 11) is 1.23. The number of rotatable bonds is 5. The number of aromatic nitrogens is 1. The minimum atomic E-state index is -0.635. The van der Waals surface area contributed by atoms with E-state index in [0.717, 1.165) is 29.5 Å². The Labute approximate surface area is 183 Å². The van der Waals surface area contributed by atoms with Crippen molar-refractivity contribution in [3.8, 4) is 0 Å². The van der Waals surface area contributed by atoms with Crippen LogP contribution in [-0.2, 0) is 20.7 Å². The van der Waals surface area contributed by atoms with Gasteiger partial charge in [-0.2, -0.15) is 0 Å². The first-order chi connectivity index (χ1) is 15.5. The molecular weight excluding hydrogens is 412 g/mol. The third-order valence-corrected chi connectivity index (χ3v) is 5.37. The van der Waals surface area contributed by atoms with Crippen molar-refractivity contribution in [2.75, 3.05) is 13.7 Å². The third-order valence-electron chi connectivity index (χ3n) is 5.37. The molecule has 4 rings (SSSR count). The number of fused-ring (bicyclic) bond motifs is 2. The zero-order chi connectivity index (χ0) is 22.7. The third kappa shape index (κ3) is 4.20. The van der Waals surface area contributed by atoms with Gasteiger partial charge in [-0.3, -0.25) is 10.1 Å². The summed E-state index contributed by atoms with van der Waals surface area (Å²) in [5.74, 6) is -1.23. The molecule has 0 fully saturated rings. The number of benzene rings is 2. The molecule has 0 radical (unpaired) electrons. The van der Waals surface area contributed by atoms with Crippen molar-refractivity contribution in [2.24, 2.45) is 0 Å². The molecule has 1 heterocycles. The number of esters is 2. The van der Waals surface area contributed by atoms with Crippen LogP contribution in [0.5, 0.6) is 0 Å². The van der Waals surface area contributed by atoms with E-state index < -0.39 is 23.5 Å². The van der Waals surface area contributed by atoms with Crippen molar-refractivity contribution in [3.05, 3.63) is 81.0 Å². The first kappa shape index (κ1) is 21.2. The van der Waals surface area contributed by atoms with Gasteiger partial charge in [0, 0.05) is 17.5 Å². The van der Waals surface area contributed by atoms with Crippen LogP contribution in [0.3, 0.4) is 0 Å². The summed E-state index contributed by atoms with van der Waals surface area (Å²) in [4.78, 5) is 39.7. The van der Waals surface area contributed by atoms with E-state index in [1.165, 1.54) is 19.2 Å². The summed E-state index contributed by atoms with van der Waals surface area (Å²) in [5, 5.41) is 11.6. The summed E-state index contributed by atoms with van der Waals surface area (Å²) < 4.78 is 9.78. The zero-order valence-corrected chi connectivity index (χ0v) is 17.4. The fourth-order valence-electron chi connectivity index (χ4n) is 3.86. The minimum absolute atomic E-state index is 0.0240. The second kappa shape index (κ2) is 8.97. The van der Waals surface area contributed by atoms with Gasteiger partial charge in [-0.25, -0.2) is 14.6 Å². The lowest BCUT2D eigenvalue weighted by Gasteiger charge is -2.22. The minimum Gasteiger partial charge on any atom is -0.466 e. The normalized spacial score (nSPS) is 14.1. The van der Waals surface area contributed by atoms with E-state index in [1.807, 2.05) is 30.3 Å². The molecule has 3 aromatic rings. The molecule has 1 aliphatic rings. The predicted octanol–water partition coefficient (Wildman–Crippen LogP) is 4.35. The standard InChI is InChI=1S/C24H20N2O6/c1-31-21(27)14-32-24(28)22-18-6-2-3-8-20(18)25-23-16(5-4-7-19(22)23)13-15-9-11-17(12-10-15)26(29)30/h2-3,6,8-13H,4-5,7,14H2,1H3/b16-13-. The molecule has 1 aromatic heterocycles. The molecule has 0 spiro atoms. The summed E-state index contributed by atoms with van der Waals surface area (Å²) in [6, 6.07) is 13.6. The van der Waals surface area contributed by atoms with E-state index in [-0.39, 0.29) is 5.69 Å². The average molecular weight is 432 g/mol. The van der Waals surface area contributed by atoms with Gasteiger partial charge in [0.2, 0.25) is 0 Å². The number of allylic oxidation sites excluding steroid dienone is 1. The van der Waals surface area contributed by atoms with Crippen molar-refractivity contribution < 1.29 is 24.0 Å². The van der Waals surface area contributed by atoms with Crippen LogP contribution in [0.2, 0.25) is 0 Å². The monoisotopic (exact) mass is 432 g/mol. The number of non-ortho nitro benzene ring substituents is 1. The van der Waals surface area contributed by atoms with E-state index in [0.29, 0.717) is 28.6 Å². The molecule has 0 bridgehead atoms. The number of carbonyl (C=O) groups excluding carboxylic acids is 2. The Kier molecular flexibility index (Phi) is 5.93. The number of nitro groups is 1. The maximum absolute atomic E-state index is 13.0. The van der Waals surface area contributed by atoms with Gasteiger partial charge in [0.15, 0.2) is 6.61 Å². The van der Waals surface area contributed by atoms with Crippen molar-refractivity contribution in [1.82, 2.24) is 4.98 Å². The maximum atomic E-state index is 13.0. The Bertz CT molecular complexity index is 1250. The van der Waals surface area contributed by atoms with Crippen LogP contribution >= 0.6 is 0 Å². The Morgan fingerprint density at radius 3 is 2.59 bits per heavy atom. The zero-order valence-electron chi connectivity index (χ0n) is 17.4. The highest BCUT2D eigenvalue weighted by atomic mass is 16.6. The average Bonchev–Trinajstić information content (AvgIpc) is 2.81. The maximum Gasteiger partial charge on any atom is 0.344 e. The molecule has 0 unspecified atom stereocenters. The lowest BCUT2D eigenvalue weighted by Crippen LogP contribution is -2.19.